The van der Waals surface area contributed by atoms with Crippen LogP contribution >= 0.6 is 11.6 Å². The van der Waals surface area contributed by atoms with Crippen molar-refractivity contribution in [3.05, 3.63) is 58.6 Å². The Morgan fingerprint density at radius 3 is 2.50 bits per heavy atom. The number of aryl methyl sites for hydroxylation is 1. The normalized spacial score (nSPS) is 11.0. The van der Waals surface area contributed by atoms with E-state index < -0.39 is 28.4 Å². The molecule has 1 amide bonds. The number of sulfonamides is 1. The molecule has 2 aromatic rings. The Labute approximate surface area is 156 Å². The van der Waals surface area contributed by atoms with Crippen LogP contribution in [0.2, 0.25) is 5.02 Å². The highest BCUT2D eigenvalue weighted by Gasteiger charge is 2.18. The number of halogens is 1. The van der Waals surface area contributed by atoms with Crippen LogP contribution in [-0.2, 0) is 19.6 Å². The predicted octanol–water partition coefficient (Wildman–Crippen LogP) is 2.35. The van der Waals surface area contributed by atoms with Crippen LogP contribution in [-0.4, -0.2) is 33.9 Å². The molecule has 2 aromatic carbocycles. The van der Waals surface area contributed by atoms with Crippen molar-refractivity contribution in [2.24, 2.45) is 0 Å². The van der Waals surface area contributed by atoms with Gasteiger partial charge >= 0.3 is 5.97 Å². The number of esters is 1. The molecule has 0 aliphatic heterocycles. The second kappa shape index (κ2) is 8.31. The highest BCUT2D eigenvalue weighted by molar-refractivity contribution is 7.89. The summed E-state index contributed by atoms with van der Waals surface area (Å²) in [6.07, 6.45) is 0. The zero-order valence-electron chi connectivity index (χ0n) is 14.1. The van der Waals surface area contributed by atoms with Crippen molar-refractivity contribution in [2.75, 3.05) is 19.0 Å². The van der Waals surface area contributed by atoms with E-state index in [9.17, 15) is 18.0 Å². The number of hydrogen-bond acceptors (Lipinski definition) is 5. The lowest BCUT2D eigenvalue weighted by atomic mass is 10.2. The summed E-state index contributed by atoms with van der Waals surface area (Å²) in [5, 5.41) is 2.66. The van der Waals surface area contributed by atoms with Gasteiger partial charge in [-0.05, 0) is 36.8 Å². The Bertz CT molecular complexity index is 944. The van der Waals surface area contributed by atoms with Crippen LogP contribution in [0.1, 0.15) is 15.9 Å². The molecule has 7 nitrogen and oxygen atoms in total. The minimum absolute atomic E-state index is 0.0959. The van der Waals surface area contributed by atoms with Gasteiger partial charge in [-0.2, -0.15) is 0 Å². The third-order valence-electron chi connectivity index (χ3n) is 3.47. The highest BCUT2D eigenvalue weighted by atomic mass is 35.5. The topological polar surface area (TPSA) is 102 Å². The second-order valence-corrected chi connectivity index (χ2v) is 7.47. The summed E-state index contributed by atoms with van der Waals surface area (Å²) in [5.41, 5.74) is 0.941. The minimum atomic E-state index is -3.83. The number of anilines is 1. The maximum atomic E-state index is 12.3. The third-order valence-corrected chi connectivity index (χ3v) is 5.36. The SMILES string of the molecule is COC(=O)c1ccc(Cl)c(NC(=O)CNS(=O)(=O)c2ccccc2C)c1. The zero-order valence-corrected chi connectivity index (χ0v) is 15.6. The Balaban J connectivity index is 2.08. The standard InChI is InChI=1S/C17H17ClN2O5S/c1-11-5-3-4-6-15(11)26(23,24)19-10-16(21)20-14-9-12(17(22)25-2)7-8-13(14)18/h3-9,19H,10H2,1-2H3,(H,20,21). The third kappa shape index (κ3) is 4.81. The van der Waals surface area contributed by atoms with Crippen LogP contribution in [0.15, 0.2) is 47.4 Å². The molecule has 9 heteroatoms. The first-order valence-electron chi connectivity index (χ1n) is 7.47. The molecule has 0 radical (unpaired) electrons. The molecule has 0 saturated heterocycles. The van der Waals surface area contributed by atoms with Gasteiger partial charge in [0.25, 0.3) is 0 Å². The maximum Gasteiger partial charge on any atom is 0.337 e. The molecule has 2 N–H and O–H groups in total. The molecule has 0 aliphatic rings. The summed E-state index contributed by atoms with van der Waals surface area (Å²) in [5.74, 6) is -1.22. The van der Waals surface area contributed by atoms with E-state index in [0.717, 1.165) is 0 Å². The first-order chi connectivity index (χ1) is 12.2. The van der Waals surface area contributed by atoms with Crippen molar-refractivity contribution in [1.29, 1.82) is 0 Å². The van der Waals surface area contributed by atoms with Gasteiger partial charge < -0.3 is 10.1 Å². The van der Waals surface area contributed by atoms with Crippen LogP contribution in [0.25, 0.3) is 0 Å². The van der Waals surface area contributed by atoms with E-state index in [1.165, 1.54) is 31.4 Å². The molecule has 0 atom stereocenters. The number of hydrogen-bond donors (Lipinski definition) is 2. The molecule has 0 fully saturated rings. The van der Waals surface area contributed by atoms with E-state index in [0.29, 0.717) is 5.56 Å². The highest BCUT2D eigenvalue weighted by Crippen LogP contribution is 2.23. The summed E-state index contributed by atoms with van der Waals surface area (Å²) < 4.78 is 31.4. The predicted molar refractivity (Wildman–Crippen MR) is 97.8 cm³/mol. The van der Waals surface area contributed by atoms with Crippen LogP contribution < -0.4 is 10.0 Å². The van der Waals surface area contributed by atoms with Crippen molar-refractivity contribution < 1.29 is 22.7 Å². The van der Waals surface area contributed by atoms with Gasteiger partial charge in [0.15, 0.2) is 0 Å². The summed E-state index contributed by atoms with van der Waals surface area (Å²) in [6, 6.07) is 10.7. The second-order valence-electron chi connectivity index (χ2n) is 5.32. The molecule has 0 unspecified atom stereocenters. The van der Waals surface area contributed by atoms with E-state index >= 15 is 0 Å². The van der Waals surface area contributed by atoms with Crippen molar-refractivity contribution in [3.63, 3.8) is 0 Å². The Kier molecular flexibility index (Phi) is 6.36. The van der Waals surface area contributed by atoms with Crippen molar-refractivity contribution >= 4 is 39.2 Å². The molecule has 0 spiro atoms. The first kappa shape index (κ1) is 19.9. The lowest BCUT2D eigenvalue weighted by Crippen LogP contribution is -2.33. The molecule has 2 rings (SSSR count). The van der Waals surface area contributed by atoms with Crippen LogP contribution in [0.3, 0.4) is 0 Å². The summed E-state index contributed by atoms with van der Waals surface area (Å²) in [7, 11) is -2.60. The smallest absolute Gasteiger partial charge is 0.337 e. The Morgan fingerprint density at radius 2 is 1.85 bits per heavy atom. The van der Waals surface area contributed by atoms with Crippen molar-refractivity contribution in [1.82, 2.24) is 4.72 Å². The number of methoxy groups -OCH3 is 1. The quantitative estimate of drug-likeness (QED) is 0.730. The van der Waals surface area contributed by atoms with Crippen LogP contribution in [0.4, 0.5) is 5.69 Å². The number of carbonyl (C=O) groups excluding carboxylic acids is 2. The van der Waals surface area contributed by atoms with Crippen LogP contribution in [0.5, 0.6) is 0 Å². The van der Waals surface area contributed by atoms with Gasteiger partial charge in [0.05, 0.1) is 34.8 Å². The minimum Gasteiger partial charge on any atom is -0.465 e. The molecule has 26 heavy (non-hydrogen) atoms. The average Bonchev–Trinajstić information content (AvgIpc) is 2.61. The van der Waals surface area contributed by atoms with Crippen LogP contribution in [0, 0.1) is 6.92 Å². The number of benzene rings is 2. The van der Waals surface area contributed by atoms with Gasteiger partial charge in [0, 0.05) is 0 Å². The monoisotopic (exact) mass is 396 g/mol. The van der Waals surface area contributed by atoms with E-state index in [-0.39, 0.29) is 21.2 Å². The van der Waals surface area contributed by atoms with Crippen molar-refractivity contribution in [2.45, 2.75) is 11.8 Å². The molecule has 0 saturated carbocycles. The molecule has 0 aliphatic carbocycles. The fourth-order valence-electron chi connectivity index (χ4n) is 2.16. The summed E-state index contributed by atoms with van der Waals surface area (Å²) in [4.78, 5) is 23.7. The lowest BCUT2D eigenvalue weighted by molar-refractivity contribution is -0.115. The van der Waals surface area contributed by atoms with Crippen molar-refractivity contribution in [3.8, 4) is 0 Å². The molecule has 0 aromatic heterocycles. The number of carbonyl (C=O) groups is 2. The largest absolute Gasteiger partial charge is 0.465 e. The fraction of sp³-hybridized carbons (Fsp3) is 0.176. The number of amides is 1. The lowest BCUT2D eigenvalue weighted by Gasteiger charge is -2.11. The van der Waals surface area contributed by atoms with Gasteiger partial charge in [-0.25, -0.2) is 17.9 Å². The van der Waals surface area contributed by atoms with Gasteiger partial charge in [0.2, 0.25) is 15.9 Å². The Hall–Kier alpha value is -2.42. The van der Waals surface area contributed by atoms with Gasteiger partial charge in [-0.3, -0.25) is 4.79 Å². The number of ether oxygens (including phenoxy) is 1. The van der Waals surface area contributed by atoms with E-state index in [2.05, 4.69) is 14.8 Å². The van der Waals surface area contributed by atoms with Gasteiger partial charge in [-0.15, -0.1) is 0 Å². The molecule has 138 valence electrons. The van der Waals surface area contributed by atoms with E-state index in [1.54, 1.807) is 25.1 Å². The Morgan fingerprint density at radius 1 is 1.15 bits per heavy atom. The molecule has 0 heterocycles. The number of rotatable bonds is 6. The molecular weight excluding hydrogens is 380 g/mol. The maximum absolute atomic E-state index is 12.3. The zero-order chi connectivity index (χ0) is 19.3. The van der Waals surface area contributed by atoms with E-state index in [4.69, 9.17) is 11.6 Å². The van der Waals surface area contributed by atoms with Gasteiger partial charge in [0.1, 0.15) is 0 Å². The fourth-order valence-corrected chi connectivity index (χ4v) is 3.55. The summed E-state index contributed by atoms with van der Waals surface area (Å²) >= 11 is 5.99. The molecular formula is C17H17ClN2O5S. The van der Waals surface area contributed by atoms with Gasteiger partial charge in [-0.1, -0.05) is 29.8 Å². The molecule has 0 bridgehead atoms. The van der Waals surface area contributed by atoms with E-state index in [1.807, 2.05) is 0 Å². The first-order valence-corrected chi connectivity index (χ1v) is 9.33. The number of nitrogens with one attached hydrogen (secondary N) is 2. The summed E-state index contributed by atoms with van der Waals surface area (Å²) in [6.45, 7) is 1.17. The average molecular weight is 397 g/mol.